The Morgan fingerprint density at radius 3 is 3.00 bits per heavy atom. The zero-order chi connectivity index (χ0) is 14.4. The molecule has 0 atom stereocenters. The van der Waals surface area contributed by atoms with Gasteiger partial charge in [-0.05, 0) is 44.0 Å². The standard InChI is InChI=1S/C15H20FN3O/c1-3-20-10-4-7-17-15-18-8-9-19(15)13-5-6-14(16)12(2)11-13/h5-6,8-9,11H,3-4,7,10H2,1-2H3,(H,17,18). The van der Waals surface area contributed by atoms with E-state index in [1.165, 1.54) is 6.07 Å². The van der Waals surface area contributed by atoms with Gasteiger partial charge in [-0.15, -0.1) is 0 Å². The first-order chi connectivity index (χ1) is 9.72. The summed E-state index contributed by atoms with van der Waals surface area (Å²) >= 11 is 0. The van der Waals surface area contributed by atoms with Crippen molar-refractivity contribution in [2.24, 2.45) is 0 Å². The van der Waals surface area contributed by atoms with Crippen molar-refractivity contribution in [3.63, 3.8) is 0 Å². The zero-order valence-corrected chi connectivity index (χ0v) is 11.9. The van der Waals surface area contributed by atoms with Gasteiger partial charge in [-0.2, -0.15) is 0 Å². The van der Waals surface area contributed by atoms with E-state index in [-0.39, 0.29) is 5.82 Å². The number of hydrogen-bond acceptors (Lipinski definition) is 3. The molecular weight excluding hydrogens is 257 g/mol. The topological polar surface area (TPSA) is 39.1 Å². The first-order valence-electron chi connectivity index (χ1n) is 6.84. The van der Waals surface area contributed by atoms with E-state index in [0.717, 1.165) is 37.8 Å². The van der Waals surface area contributed by atoms with Gasteiger partial charge in [0, 0.05) is 37.8 Å². The molecule has 0 aliphatic rings. The Kier molecular flexibility index (Phi) is 5.12. The lowest BCUT2D eigenvalue weighted by molar-refractivity contribution is 0.147. The molecule has 2 aromatic rings. The molecule has 0 spiro atoms. The molecule has 0 saturated carbocycles. The summed E-state index contributed by atoms with van der Waals surface area (Å²) in [5.41, 5.74) is 1.52. The minimum atomic E-state index is -0.194. The number of halogens is 1. The molecule has 1 aromatic carbocycles. The van der Waals surface area contributed by atoms with Crippen LogP contribution in [0.2, 0.25) is 0 Å². The molecule has 2 rings (SSSR count). The molecule has 0 bridgehead atoms. The number of nitrogens with zero attached hydrogens (tertiary/aromatic N) is 2. The summed E-state index contributed by atoms with van der Waals surface area (Å²) in [5.74, 6) is 0.563. The van der Waals surface area contributed by atoms with Gasteiger partial charge in [-0.3, -0.25) is 4.57 Å². The Hall–Kier alpha value is -1.88. The van der Waals surface area contributed by atoms with Crippen molar-refractivity contribution >= 4 is 5.95 Å². The second kappa shape index (κ2) is 7.05. The van der Waals surface area contributed by atoms with Crippen molar-refractivity contribution in [2.75, 3.05) is 25.1 Å². The summed E-state index contributed by atoms with van der Waals surface area (Å²) in [6.45, 7) is 6.00. The largest absolute Gasteiger partial charge is 0.382 e. The van der Waals surface area contributed by atoms with Gasteiger partial charge < -0.3 is 10.1 Å². The van der Waals surface area contributed by atoms with Crippen LogP contribution in [0.1, 0.15) is 18.9 Å². The predicted octanol–water partition coefficient (Wildman–Crippen LogP) is 3.16. The van der Waals surface area contributed by atoms with Crippen molar-refractivity contribution in [2.45, 2.75) is 20.3 Å². The molecule has 0 fully saturated rings. The quantitative estimate of drug-likeness (QED) is 0.790. The lowest BCUT2D eigenvalue weighted by Gasteiger charge is -2.10. The number of aromatic nitrogens is 2. The molecule has 1 aromatic heterocycles. The highest BCUT2D eigenvalue weighted by molar-refractivity contribution is 5.43. The van der Waals surface area contributed by atoms with E-state index >= 15 is 0 Å². The molecule has 0 unspecified atom stereocenters. The Labute approximate surface area is 118 Å². The number of benzene rings is 1. The summed E-state index contributed by atoms with van der Waals surface area (Å²) in [6, 6.07) is 5.03. The predicted molar refractivity (Wildman–Crippen MR) is 77.9 cm³/mol. The Morgan fingerprint density at radius 1 is 1.40 bits per heavy atom. The van der Waals surface area contributed by atoms with Crippen molar-refractivity contribution in [1.29, 1.82) is 0 Å². The fraction of sp³-hybridized carbons (Fsp3) is 0.400. The smallest absolute Gasteiger partial charge is 0.207 e. The number of hydrogen-bond donors (Lipinski definition) is 1. The maximum atomic E-state index is 13.3. The summed E-state index contributed by atoms with van der Waals surface area (Å²) in [4.78, 5) is 4.28. The molecule has 5 heteroatoms. The van der Waals surface area contributed by atoms with Crippen LogP contribution in [0.5, 0.6) is 0 Å². The fourth-order valence-electron chi connectivity index (χ4n) is 1.94. The first kappa shape index (κ1) is 14.5. The molecular formula is C15H20FN3O. The number of imidazole rings is 1. The van der Waals surface area contributed by atoms with Crippen LogP contribution < -0.4 is 5.32 Å². The van der Waals surface area contributed by atoms with E-state index in [1.54, 1.807) is 19.2 Å². The van der Waals surface area contributed by atoms with E-state index in [9.17, 15) is 4.39 Å². The highest BCUT2D eigenvalue weighted by Crippen LogP contribution is 2.17. The van der Waals surface area contributed by atoms with Gasteiger partial charge >= 0.3 is 0 Å². The van der Waals surface area contributed by atoms with E-state index in [0.29, 0.717) is 5.56 Å². The molecule has 0 aliphatic carbocycles. The summed E-state index contributed by atoms with van der Waals surface area (Å²) < 4.78 is 20.5. The third-order valence-corrected chi connectivity index (χ3v) is 3.01. The molecule has 108 valence electrons. The maximum Gasteiger partial charge on any atom is 0.207 e. The first-order valence-corrected chi connectivity index (χ1v) is 6.84. The van der Waals surface area contributed by atoms with Crippen LogP contribution in [0.15, 0.2) is 30.6 Å². The normalized spacial score (nSPS) is 10.8. The fourth-order valence-corrected chi connectivity index (χ4v) is 1.94. The van der Waals surface area contributed by atoms with Crippen molar-refractivity contribution in [3.8, 4) is 5.69 Å². The van der Waals surface area contributed by atoms with Crippen LogP contribution in [0.25, 0.3) is 5.69 Å². The molecule has 0 aliphatic heterocycles. The number of ether oxygens (including phenoxy) is 1. The van der Waals surface area contributed by atoms with Gasteiger partial charge in [0.15, 0.2) is 0 Å². The van der Waals surface area contributed by atoms with Crippen LogP contribution in [0.3, 0.4) is 0 Å². The van der Waals surface area contributed by atoms with Crippen molar-refractivity contribution in [1.82, 2.24) is 9.55 Å². The van der Waals surface area contributed by atoms with Gasteiger partial charge in [-0.1, -0.05) is 0 Å². The molecule has 0 saturated heterocycles. The van der Waals surface area contributed by atoms with Gasteiger partial charge in [-0.25, -0.2) is 9.37 Å². The molecule has 4 nitrogen and oxygen atoms in total. The number of anilines is 1. The highest BCUT2D eigenvalue weighted by Gasteiger charge is 2.06. The number of nitrogens with one attached hydrogen (secondary N) is 1. The monoisotopic (exact) mass is 277 g/mol. The van der Waals surface area contributed by atoms with E-state index in [1.807, 2.05) is 23.8 Å². The average Bonchev–Trinajstić information content (AvgIpc) is 2.90. The Bertz CT molecular complexity index is 554. The van der Waals surface area contributed by atoms with Gasteiger partial charge in [0.25, 0.3) is 0 Å². The highest BCUT2D eigenvalue weighted by atomic mass is 19.1. The second-order valence-electron chi connectivity index (χ2n) is 4.53. The van der Waals surface area contributed by atoms with Gasteiger partial charge in [0.2, 0.25) is 5.95 Å². The summed E-state index contributed by atoms with van der Waals surface area (Å²) in [6.07, 6.45) is 4.50. The third-order valence-electron chi connectivity index (χ3n) is 3.01. The minimum Gasteiger partial charge on any atom is -0.382 e. The Balaban J connectivity index is 2.02. The number of aryl methyl sites for hydroxylation is 1. The molecule has 20 heavy (non-hydrogen) atoms. The van der Waals surface area contributed by atoms with E-state index in [4.69, 9.17) is 4.74 Å². The van der Waals surface area contributed by atoms with Crippen LogP contribution in [0.4, 0.5) is 10.3 Å². The minimum absolute atomic E-state index is 0.194. The lowest BCUT2D eigenvalue weighted by atomic mass is 10.2. The maximum absolute atomic E-state index is 13.3. The number of rotatable bonds is 7. The van der Waals surface area contributed by atoms with E-state index in [2.05, 4.69) is 10.3 Å². The second-order valence-corrected chi connectivity index (χ2v) is 4.53. The Morgan fingerprint density at radius 2 is 2.25 bits per heavy atom. The van der Waals surface area contributed by atoms with E-state index < -0.39 is 0 Å². The SMILES string of the molecule is CCOCCCNc1nccn1-c1ccc(F)c(C)c1. The zero-order valence-electron chi connectivity index (χ0n) is 11.9. The molecule has 1 N–H and O–H groups in total. The van der Waals surface area contributed by atoms with Gasteiger partial charge in [0.05, 0.1) is 0 Å². The third kappa shape index (κ3) is 3.57. The van der Waals surface area contributed by atoms with Crippen molar-refractivity contribution in [3.05, 3.63) is 42.0 Å². The van der Waals surface area contributed by atoms with Crippen LogP contribution in [-0.2, 0) is 4.74 Å². The average molecular weight is 277 g/mol. The molecule has 0 amide bonds. The van der Waals surface area contributed by atoms with Crippen LogP contribution >= 0.6 is 0 Å². The van der Waals surface area contributed by atoms with Gasteiger partial charge in [0.1, 0.15) is 5.82 Å². The van der Waals surface area contributed by atoms with Crippen molar-refractivity contribution < 1.29 is 9.13 Å². The van der Waals surface area contributed by atoms with Crippen LogP contribution in [-0.4, -0.2) is 29.3 Å². The molecule has 0 radical (unpaired) electrons. The van der Waals surface area contributed by atoms with Crippen LogP contribution in [0, 0.1) is 12.7 Å². The summed E-state index contributed by atoms with van der Waals surface area (Å²) in [5, 5.41) is 3.26. The summed E-state index contributed by atoms with van der Waals surface area (Å²) in [7, 11) is 0. The lowest BCUT2D eigenvalue weighted by Crippen LogP contribution is -2.10. The molecule has 1 heterocycles.